The van der Waals surface area contributed by atoms with Gasteiger partial charge in [-0.25, -0.2) is 8.42 Å². The molecule has 0 atom stereocenters. The Hall–Kier alpha value is -1.82. The summed E-state index contributed by atoms with van der Waals surface area (Å²) >= 11 is 0. The maximum atomic E-state index is 11.5. The third-order valence-electron chi connectivity index (χ3n) is 3.08. The van der Waals surface area contributed by atoms with Crippen LogP contribution < -0.4 is 5.32 Å². The van der Waals surface area contributed by atoms with E-state index in [1.807, 2.05) is 30.9 Å². The Labute approximate surface area is 113 Å². The summed E-state index contributed by atoms with van der Waals surface area (Å²) < 4.78 is 24.8. The average Bonchev–Trinajstić information content (AvgIpc) is 2.67. The standard InChI is InChI=1S/C13H17N3O2S/c1-10-11(9-15-16(10)2)8-14-12-5-4-6-13(7-12)19(3,17)18/h4-7,9,14H,8H2,1-3H3. The van der Waals surface area contributed by atoms with Crippen molar-refractivity contribution in [1.29, 1.82) is 0 Å². The molecule has 1 N–H and O–H groups in total. The number of aromatic nitrogens is 2. The molecule has 0 unspecified atom stereocenters. The predicted molar refractivity (Wildman–Crippen MR) is 74.8 cm³/mol. The molecule has 1 aromatic heterocycles. The van der Waals surface area contributed by atoms with Gasteiger partial charge in [0.25, 0.3) is 0 Å². The van der Waals surface area contributed by atoms with Gasteiger partial charge in [0.15, 0.2) is 9.84 Å². The van der Waals surface area contributed by atoms with Crippen molar-refractivity contribution in [1.82, 2.24) is 9.78 Å². The van der Waals surface area contributed by atoms with Crippen LogP contribution in [0.25, 0.3) is 0 Å². The minimum Gasteiger partial charge on any atom is -0.381 e. The summed E-state index contributed by atoms with van der Waals surface area (Å²) in [5.74, 6) is 0. The highest BCUT2D eigenvalue weighted by Gasteiger charge is 2.08. The number of rotatable bonds is 4. The van der Waals surface area contributed by atoms with Crippen molar-refractivity contribution in [2.24, 2.45) is 7.05 Å². The molecule has 0 saturated carbocycles. The van der Waals surface area contributed by atoms with E-state index in [0.29, 0.717) is 11.4 Å². The highest BCUT2D eigenvalue weighted by atomic mass is 32.2. The SMILES string of the molecule is Cc1c(CNc2cccc(S(C)(=O)=O)c2)cnn1C. The van der Waals surface area contributed by atoms with Gasteiger partial charge in [-0.15, -0.1) is 0 Å². The number of hydrogen-bond donors (Lipinski definition) is 1. The molecule has 1 heterocycles. The van der Waals surface area contributed by atoms with Crippen LogP contribution >= 0.6 is 0 Å². The van der Waals surface area contributed by atoms with E-state index < -0.39 is 9.84 Å². The lowest BCUT2D eigenvalue weighted by Crippen LogP contribution is -2.03. The second kappa shape index (κ2) is 5.05. The molecule has 6 heteroatoms. The summed E-state index contributed by atoms with van der Waals surface area (Å²) in [7, 11) is -1.28. The maximum Gasteiger partial charge on any atom is 0.175 e. The third-order valence-corrected chi connectivity index (χ3v) is 4.19. The number of hydrogen-bond acceptors (Lipinski definition) is 4. The molecule has 0 radical (unpaired) electrons. The van der Waals surface area contributed by atoms with Crippen LogP contribution in [-0.4, -0.2) is 24.5 Å². The highest BCUT2D eigenvalue weighted by molar-refractivity contribution is 7.90. The summed E-state index contributed by atoms with van der Waals surface area (Å²) in [5.41, 5.74) is 2.96. The molecule has 5 nitrogen and oxygen atoms in total. The molecule has 2 aromatic rings. The van der Waals surface area contributed by atoms with Crippen molar-refractivity contribution in [2.75, 3.05) is 11.6 Å². The zero-order chi connectivity index (χ0) is 14.0. The minimum absolute atomic E-state index is 0.320. The van der Waals surface area contributed by atoms with Gasteiger partial charge in [-0.3, -0.25) is 4.68 Å². The first-order valence-electron chi connectivity index (χ1n) is 5.89. The molecular weight excluding hydrogens is 262 g/mol. The van der Waals surface area contributed by atoms with E-state index >= 15 is 0 Å². The second-order valence-corrected chi connectivity index (χ2v) is 6.55. The molecule has 0 fully saturated rings. The number of benzene rings is 1. The summed E-state index contributed by atoms with van der Waals surface area (Å²) in [4.78, 5) is 0.320. The number of nitrogens with zero attached hydrogens (tertiary/aromatic N) is 2. The number of sulfone groups is 1. The van der Waals surface area contributed by atoms with Gasteiger partial charge in [0.2, 0.25) is 0 Å². The van der Waals surface area contributed by atoms with Crippen LogP contribution in [0.4, 0.5) is 5.69 Å². The van der Waals surface area contributed by atoms with Gasteiger partial charge in [0, 0.05) is 36.8 Å². The van der Waals surface area contributed by atoms with Crippen LogP contribution in [0, 0.1) is 6.92 Å². The molecule has 0 aliphatic carbocycles. The number of nitrogens with one attached hydrogen (secondary N) is 1. The zero-order valence-corrected chi connectivity index (χ0v) is 12.0. The normalized spacial score (nSPS) is 11.5. The van der Waals surface area contributed by atoms with Crippen LogP contribution in [0.15, 0.2) is 35.4 Å². The average molecular weight is 279 g/mol. The van der Waals surface area contributed by atoms with E-state index in [1.54, 1.807) is 18.2 Å². The van der Waals surface area contributed by atoms with Crippen LogP contribution in [0.2, 0.25) is 0 Å². The Bertz CT molecular complexity index is 690. The van der Waals surface area contributed by atoms with Gasteiger partial charge in [-0.2, -0.15) is 5.10 Å². The second-order valence-electron chi connectivity index (χ2n) is 4.53. The smallest absolute Gasteiger partial charge is 0.175 e. The molecule has 0 aliphatic heterocycles. The maximum absolute atomic E-state index is 11.5. The Morgan fingerprint density at radius 2 is 2.11 bits per heavy atom. The fourth-order valence-electron chi connectivity index (χ4n) is 1.75. The van der Waals surface area contributed by atoms with Crippen molar-refractivity contribution < 1.29 is 8.42 Å². The van der Waals surface area contributed by atoms with Crippen LogP contribution in [-0.2, 0) is 23.4 Å². The molecule has 1 aromatic carbocycles. The van der Waals surface area contributed by atoms with E-state index in [2.05, 4.69) is 10.4 Å². The predicted octanol–water partition coefficient (Wildman–Crippen LogP) is 1.74. The van der Waals surface area contributed by atoms with Gasteiger partial charge in [0.1, 0.15) is 0 Å². The van der Waals surface area contributed by atoms with Crippen molar-refractivity contribution in [3.63, 3.8) is 0 Å². The summed E-state index contributed by atoms with van der Waals surface area (Å²) in [5, 5.41) is 7.38. The van der Waals surface area contributed by atoms with Gasteiger partial charge in [-0.1, -0.05) is 6.07 Å². The highest BCUT2D eigenvalue weighted by Crippen LogP contribution is 2.16. The lowest BCUT2D eigenvalue weighted by Gasteiger charge is -2.07. The lowest BCUT2D eigenvalue weighted by atomic mass is 10.2. The van der Waals surface area contributed by atoms with Crippen molar-refractivity contribution >= 4 is 15.5 Å². The molecular formula is C13H17N3O2S. The largest absolute Gasteiger partial charge is 0.381 e. The first-order chi connectivity index (χ1) is 8.88. The fourth-order valence-corrected chi connectivity index (χ4v) is 2.42. The Morgan fingerprint density at radius 3 is 2.68 bits per heavy atom. The molecule has 0 aliphatic rings. The summed E-state index contributed by atoms with van der Waals surface area (Å²) in [6.45, 7) is 2.61. The van der Waals surface area contributed by atoms with E-state index in [1.165, 1.54) is 6.26 Å². The van der Waals surface area contributed by atoms with Gasteiger partial charge < -0.3 is 5.32 Å². The molecule has 2 rings (SSSR count). The van der Waals surface area contributed by atoms with E-state index in [4.69, 9.17) is 0 Å². The first kappa shape index (κ1) is 13.6. The Kier molecular flexibility index (Phi) is 3.61. The number of aryl methyl sites for hydroxylation is 1. The topological polar surface area (TPSA) is 64.0 Å². The third kappa shape index (κ3) is 3.14. The summed E-state index contributed by atoms with van der Waals surface area (Å²) in [6, 6.07) is 6.81. The summed E-state index contributed by atoms with van der Waals surface area (Å²) in [6.07, 6.45) is 3.01. The zero-order valence-electron chi connectivity index (χ0n) is 11.2. The van der Waals surface area contributed by atoms with E-state index in [-0.39, 0.29) is 0 Å². The molecule has 0 saturated heterocycles. The van der Waals surface area contributed by atoms with Gasteiger partial charge in [-0.05, 0) is 25.1 Å². The van der Waals surface area contributed by atoms with E-state index in [9.17, 15) is 8.42 Å². The fraction of sp³-hybridized carbons (Fsp3) is 0.308. The molecule has 19 heavy (non-hydrogen) atoms. The monoisotopic (exact) mass is 279 g/mol. The molecule has 0 bridgehead atoms. The first-order valence-corrected chi connectivity index (χ1v) is 7.78. The lowest BCUT2D eigenvalue weighted by molar-refractivity contribution is 0.602. The van der Waals surface area contributed by atoms with Gasteiger partial charge >= 0.3 is 0 Å². The van der Waals surface area contributed by atoms with Gasteiger partial charge in [0.05, 0.1) is 11.1 Å². The molecule has 0 spiro atoms. The minimum atomic E-state index is -3.17. The van der Waals surface area contributed by atoms with Crippen LogP contribution in [0.5, 0.6) is 0 Å². The Balaban J connectivity index is 2.14. The molecule has 0 amide bonds. The van der Waals surface area contributed by atoms with Crippen LogP contribution in [0.3, 0.4) is 0 Å². The van der Waals surface area contributed by atoms with E-state index in [0.717, 1.165) is 16.9 Å². The van der Waals surface area contributed by atoms with Crippen molar-refractivity contribution in [3.8, 4) is 0 Å². The van der Waals surface area contributed by atoms with Crippen LogP contribution in [0.1, 0.15) is 11.3 Å². The van der Waals surface area contributed by atoms with Crippen molar-refractivity contribution in [2.45, 2.75) is 18.4 Å². The Morgan fingerprint density at radius 1 is 1.37 bits per heavy atom. The quantitative estimate of drug-likeness (QED) is 0.926. The number of anilines is 1. The van der Waals surface area contributed by atoms with Crippen molar-refractivity contribution in [3.05, 3.63) is 41.7 Å². The molecule has 102 valence electrons.